The van der Waals surface area contributed by atoms with E-state index < -0.39 is 5.82 Å². The van der Waals surface area contributed by atoms with Crippen molar-refractivity contribution < 1.29 is 13.9 Å². The molecule has 0 N–H and O–H groups in total. The van der Waals surface area contributed by atoms with E-state index in [2.05, 4.69) is 0 Å². The number of halogens is 2. The molecule has 4 heteroatoms. The van der Waals surface area contributed by atoms with Gasteiger partial charge in [0.15, 0.2) is 5.78 Å². The number of methoxy groups -OCH3 is 1. The molecule has 92 valence electrons. The van der Waals surface area contributed by atoms with Crippen molar-refractivity contribution in [2.24, 2.45) is 5.92 Å². The fourth-order valence-electron chi connectivity index (χ4n) is 1.96. The topological polar surface area (TPSA) is 26.3 Å². The van der Waals surface area contributed by atoms with Crippen LogP contribution in [0.25, 0.3) is 0 Å². The lowest BCUT2D eigenvalue weighted by molar-refractivity contribution is -0.129. The summed E-state index contributed by atoms with van der Waals surface area (Å²) in [5.74, 6) is -0.181. The molecule has 0 aromatic heterocycles. The van der Waals surface area contributed by atoms with Gasteiger partial charge in [-0.3, -0.25) is 4.79 Å². The molecular formula is C13H14ClFO2. The first-order valence-electron chi connectivity index (χ1n) is 5.62. The normalized spacial score (nSPS) is 16.9. The van der Waals surface area contributed by atoms with Crippen LogP contribution in [0.15, 0.2) is 18.2 Å². The molecule has 1 saturated carbocycles. The minimum Gasteiger partial charge on any atom is -0.373 e. The third kappa shape index (κ3) is 2.85. The van der Waals surface area contributed by atoms with Crippen molar-refractivity contribution in [3.63, 3.8) is 0 Å². The maximum atomic E-state index is 13.2. The van der Waals surface area contributed by atoms with Crippen LogP contribution < -0.4 is 0 Å². The van der Waals surface area contributed by atoms with Gasteiger partial charge in [0.2, 0.25) is 0 Å². The van der Waals surface area contributed by atoms with E-state index in [0.717, 1.165) is 12.8 Å². The number of ketones is 1. The molecule has 0 amide bonds. The Bertz CT molecular complexity index is 429. The monoisotopic (exact) mass is 256 g/mol. The molecule has 1 aliphatic carbocycles. The molecule has 0 heterocycles. The maximum Gasteiger partial charge on any atom is 0.166 e. The van der Waals surface area contributed by atoms with Crippen molar-refractivity contribution in [3.05, 3.63) is 34.6 Å². The summed E-state index contributed by atoms with van der Waals surface area (Å²) >= 11 is 5.81. The van der Waals surface area contributed by atoms with Gasteiger partial charge in [-0.2, -0.15) is 0 Å². The molecule has 1 fully saturated rings. The summed E-state index contributed by atoms with van der Waals surface area (Å²) in [7, 11) is 1.54. The highest BCUT2D eigenvalue weighted by Crippen LogP contribution is 2.35. The van der Waals surface area contributed by atoms with Crippen molar-refractivity contribution in [2.45, 2.75) is 25.4 Å². The number of hydrogen-bond acceptors (Lipinski definition) is 2. The van der Waals surface area contributed by atoms with Gasteiger partial charge in [0.25, 0.3) is 0 Å². The van der Waals surface area contributed by atoms with Crippen LogP contribution in [0.4, 0.5) is 4.39 Å². The summed E-state index contributed by atoms with van der Waals surface area (Å²) in [6.07, 6.45) is 1.82. The largest absolute Gasteiger partial charge is 0.373 e. The number of carbonyl (C=O) groups is 1. The summed E-state index contributed by atoms with van der Waals surface area (Å²) in [5.41, 5.74) is 0.527. The van der Waals surface area contributed by atoms with Crippen LogP contribution in [-0.4, -0.2) is 19.0 Å². The average molecular weight is 257 g/mol. The zero-order chi connectivity index (χ0) is 12.4. The highest BCUT2D eigenvalue weighted by Gasteiger charge is 2.36. The SMILES string of the molecule is COC(C(=O)Cc1cccc(F)c1Cl)C1CC1. The number of rotatable bonds is 5. The first kappa shape index (κ1) is 12.5. The van der Waals surface area contributed by atoms with Crippen LogP contribution in [0.3, 0.4) is 0 Å². The van der Waals surface area contributed by atoms with E-state index in [9.17, 15) is 9.18 Å². The first-order chi connectivity index (χ1) is 8.13. The van der Waals surface area contributed by atoms with E-state index in [4.69, 9.17) is 16.3 Å². The molecule has 0 bridgehead atoms. The van der Waals surface area contributed by atoms with Gasteiger partial charge in [-0.05, 0) is 30.4 Å². The summed E-state index contributed by atoms with van der Waals surface area (Å²) in [6.45, 7) is 0. The van der Waals surface area contributed by atoms with Crippen molar-refractivity contribution in [1.82, 2.24) is 0 Å². The Hall–Kier alpha value is -0.930. The fourth-order valence-corrected chi connectivity index (χ4v) is 2.15. The molecule has 0 aliphatic heterocycles. The van der Waals surface area contributed by atoms with Gasteiger partial charge >= 0.3 is 0 Å². The van der Waals surface area contributed by atoms with E-state index >= 15 is 0 Å². The van der Waals surface area contributed by atoms with Gasteiger partial charge < -0.3 is 4.74 Å². The Balaban J connectivity index is 2.09. The Morgan fingerprint density at radius 1 is 1.59 bits per heavy atom. The summed E-state index contributed by atoms with van der Waals surface area (Å²) in [6, 6.07) is 4.51. The minimum atomic E-state index is -0.489. The Morgan fingerprint density at radius 3 is 2.88 bits per heavy atom. The summed E-state index contributed by atoms with van der Waals surface area (Å²) in [4.78, 5) is 12.0. The molecule has 0 spiro atoms. The van der Waals surface area contributed by atoms with Gasteiger partial charge in [-0.1, -0.05) is 23.7 Å². The van der Waals surface area contributed by atoms with Gasteiger partial charge in [0.05, 0.1) is 5.02 Å². The second-order valence-electron chi connectivity index (χ2n) is 4.35. The smallest absolute Gasteiger partial charge is 0.166 e. The van der Waals surface area contributed by atoms with Crippen LogP contribution >= 0.6 is 11.6 Å². The van der Waals surface area contributed by atoms with Gasteiger partial charge in [-0.15, -0.1) is 0 Å². The summed E-state index contributed by atoms with van der Waals surface area (Å²) < 4.78 is 18.4. The summed E-state index contributed by atoms with van der Waals surface area (Å²) in [5, 5.41) is 0.0338. The predicted octanol–water partition coefficient (Wildman–Crippen LogP) is 3.02. The molecular weight excluding hydrogens is 243 g/mol. The van der Waals surface area contributed by atoms with Crippen LogP contribution in [-0.2, 0) is 16.0 Å². The standard InChI is InChI=1S/C13H14ClFO2/c1-17-13(8-5-6-8)11(16)7-9-3-2-4-10(15)12(9)14/h2-4,8,13H,5-7H2,1H3. The van der Waals surface area contributed by atoms with Gasteiger partial charge in [0.1, 0.15) is 11.9 Å². The zero-order valence-electron chi connectivity index (χ0n) is 9.58. The van der Waals surface area contributed by atoms with Crippen molar-refractivity contribution in [2.75, 3.05) is 7.11 Å². The zero-order valence-corrected chi connectivity index (χ0v) is 10.3. The Morgan fingerprint density at radius 2 is 2.29 bits per heavy atom. The number of hydrogen-bond donors (Lipinski definition) is 0. The van der Waals surface area contributed by atoms with Crippen molar-refractivity contribution >= 4 is 17.4 Å². The number of carbonyl (C=O) groups excluding carboxylic acids is 1. The van der Waals surface area contributed by atoms with E-state index in [0.29, 0.717) is 11.5 Å². The Kier molecular flexibility index (Phi) is 3.79. The molecule has 0 radical (unpaired) electrons. The molecule has 2 rings (SSSR count). The molecule has 17 heavy (non-hydrogen) atoms. The van der Waals surface area contributed by atoms with Crippen LogP contribution in [0.2, 0.25) is 5.02 Å². The molecule has 2 nitrogen and oxygen atoms in total. The highest BCUT2D eigenvalue weighted by molar-refractivity contribution is 6.31. The molecule has 1 aromatic carbocycles. The predicted molar refractivity (Wildman–Crippen MR) is 63.6 cm³/mol. The van der Waals surface area contributed by atoms with E-state index in [1.165, 1.54) is 13.2 Å². The van der Waals surface area contributed by atoms with E-state index in [-0.39, 0.29) is 23.3 Å². The quantitative estimate of drug-likeness (QED) is 0.810. The third-order valence-corrected chi connectivity index (χ3v) is 3.44. The van der Waals surface area contributed by atoms with Gasteiger partial charge in [-0.25, -0.2) is 4.39 Å². The number of Topliss-reactive ketones (excluding diaryl/α,β-unsaturated/α-hetero) is 1. The minimum absolute atomic E-state index is 0.0255. The van der Waals surface area contributed by atoms with E-state index in [1.54, 1.807) is 12.1 Å². The molecule has 1 aliphatic rings. The first-order valence-corrected chi connectivity index (χ1v) is 5.99. The fraction of sp³-hybridized carbons (Fsp3) is 0.462. The average Bonchev–Trinajstić information content (AvgIpc) is 3.10. The van der Waals surface area contributed by atoms with Crippen molar-refractivity contribution in [3.8, 4) is 0 Å². The molecule has 1 atom stereocenters. The van der Waals surface area contributed by atoms with Crippen LogP contribution in [0, 0.1) is 11.7 Å². The third-order valence-electron chi connectivity index (χ3n) is 3.02. The second-order valence-corrected chi connectivity index (χ2v) is 4.73. The lowest BCUT2D eigenvalue weighted by atomic mass is 10.0. The molecule has 0 saturated heterocycles. The maximum absolute atomic E-state index is 13.2. The highest BCUT2D eigenvalue weighted by atomic mass is 35.5. The van der Waals surface area contributed by atoms with Crippen LogP contribution in [0.1, 0.15) is 18.4 Å². The van der Waals surface area contributed by atoms with Crippen LogP contribution in [0.5, 0.6) is 0 Å². The molecule has 1 aromatic rings. The van der Waals surface area contributed by atoms with Crippen molar-refractivity contribution in [1.29, 1.82) is 0 Å². The Labute approximate surface area is 105 Å². The number of benzene rings is 1. The lowest BCUT2D eigenvalue weighted by Gasteiger charge is -2.13. The van der Waals surface area contributed by atoms with Gasteiger partial charge in [0, 0.05) is 13.5 Å². The molecule has 1 unspecified atom stereocenters. The number of ether oxygens (including phenoxy) is 1. The second kappa shape index (κ2) is 5.15. The van der Waals surface area contributed by atoms with E-state index in [1.807, 2.05) is 0 Å². The lowest BCUT2D eigenvalue weighted by Crippen LogP contribution is -2.26.